The maximum Gasteiger partial charge on any atom is 0.267 e. The van der Waals surface area contributed by atoms with Gasteiger partial charge in [0.1, 0.15) is 5.56 Å². The number of nitrogens with one attached hydrogen (secondary N) is 2. The van der Waals surface area contributed by atoms with Gasteiger partial charge < -0.3 is 15.4 Å². The van der Waals surface area contributed by atoms with Gasteiger partial charge in [0.25, 0.3) is 11.5 Å². The van der Waals surface area contributed by atoms with Crippen LogP contribution in [0.25, 0.3) is 5.69 Å². The summed E-state index contributed by atoms with van der Waals surface area (Å²) >= 11 is 0. The van der Waals surface area contributed by atoms with Crippen LogP contribution in [0.1, 0.15) is 36.5 Å². The molecule has 0 radical (unpaired) electrons. The summed E-state index contributed by atoms with van der Waals surface area (Å²) in [6, 6.07) is 10.1. The van der Waals surface area contributed by atoms with E-state index in [1.807, 2.05) is 6.92 Å². The van der Waals surface area contributed by atoms with Gasteiger partial charge in [-0.3, -0.25) is 19.0 Å². The zero-order valence-electron chi connectivity index (χ0n) is 15.7. The van der Waals surface area contributed by atoms with Crippen molar-refractivity contribution in [1.29, 1.82) is 0 Å². The summed E-state index contributed by atoms with van der Waals surface area (Å²) in [6.45, 7) is 2.92. The number of carbonyl (C=O) groups is 2. The van der Waals surface area contributed by atoms with E-state index in [1.165, 1.54) is 10.6 Å². The minimum Gasteiger partial charge on any atom is -0.385 e. The Labute approximate surface area is 158 Å². The Balaban J connectivity index is 2.13. The quantitative estimate of drug-likeness (QED) is 0.662. The predicted octanol–water partition coefficient (Wildman–Crippen LogP) is 2.34. The summed E-state index contributed by atoms with van der Waals surface area (Å²) in [4.78, 5) is 36.5. The second-order valence-corrected chi connectivity index (χ2v) is 6.04. The number of benzene rings is 1. The smallest absolute Gasteiger partial charge is 0.267 e. The first-order valence-electron chi connectivity index (χ1n) is 8.96. The molecule has 0 saturated heterocycles. The number of nitrogens with zero attached hydrogens (tertiary/aromatic N) is 1. The second kappa shape index (κ2) is 10.3. The first-order chi connectivity index (χ1) is 13.1. The lowest BCUT2D eigenvalue weighted by atomic mass is 10.2. The van der Waals surface area contributed by atoms with Crippen molar-refractivity contribution in [2.45, 2.75) is 26.2 Å². The van der Waals surface area contributed by atoms with E-state index in [4.69, 9.17) is 4.74 Å². The molecular formula is C20H25N3O4. The van der Waals surface area contributed by atoms with Crippen LogP contribution in [-0.2, 0) is 9.53 Å². The minimum absolute atomic E-state index is 0.0467. The van der Waals surface area contributed by atoms with E-state index in [9.17, 15) is 14.4 Å². The topological polar surface area (TPSA) is 89.4 Å². The molecule has 0 atom stereocenters. The summed E-state index contributed by atoms with van der Waals surface area (Å²) in [5.74, 6) is -0.455. The fraction of sp³-hybridized carbons (Fsp3) is 0.350. The molecule has 7 heteroatoms. The van der Waals surface area contributed by atoms with Gasteiger partial charge in [-0.05, 0) is 49.2 Å². The van der Waals surface area contributed by atoms with Gasteiger partial charge in [0.05, 0.1) is 0 Å². The number of hydrogen-bond acceptors (Lipinski definition) is 4. The molecule has 0 aliphatic rings. The van der Waals surface area contributed by atoms with Crippen molar-refractivity contribution >= 4 is 17.5 Å². The van der Waals surface area contributed by atoms with Crippen LogP contribution < -0.4 is 16.2 Å². The number of rotatable bonds is 9. The summed E-state index contributed by atoms with van der Waals surface area (Å²) in [7, 11) is 1.60. The van der Waals surface area contributed by atoms with Crippen molar-refractivity contribution in [3.63, 3.8) is 0 Å². The maximum atomic E-state index is 12.7. The van der Waals surface area contributed by atoms with E-state index in [1.54, 1.807) is 43.6 Å². The van der Waals surface area contributed by atoms with Crippen LogP contribution in [0.4, 0.5) is 5.69 Å². The molecule has 7 nitrogen and oxygen atoms in total. The van der Waals surface area contributed by atoms with E-state index in [0.717, 1.165) is 6.42 Å². The van der Waals surface area contributed by atoms with E-state index in [-0.39, 0.29) is 11.5 Å². The SMILES string of the molecule is CCCC(=O)Nc1ccc(-n2cccc(C(=O)NCCCOC)c2=O)cc1. The summed E-state index contributed by atoms with van der Waals surface area (Å²) in [5.41, 5.74) is 0.958. The normalized spacial score (nSPS) is 10.4. The summed E-state index contributed by atoms with van der Waals surface area (Å²) < 4.78 is 6.34. The lowest BCUT2D eigenvalue weighted by Gasteiger charge is -2.10. The molecule has 0 aliphatic carbocycles. The van der Waals surface area contributed by atoms with Crippen molar-refractivity contribution in [3.8, 4) is 5.69 Å². The highest BCUT2D eigenvalue weighted by molar-refractivity contribution is 5.94. The van der Waals surface area contributed by atoms with Crippen molar-refractivity contribution < 1.29 is 14.3 Å². The Hall–Kier alpha value is -2.93. The van der Waals surface area contributed by atoms with Crippen LogP contribution in [0.2, 0.25) is 0 Å². The molecule has 2 aromatic rings. The highest BCUT2D eigenvalue weighted by atomic mass is 16.5. The monoisotopic (exact) mass is 371 g/mol. The Morgan fingerprint density at radius 2 is 1.89 bits per heavy atom. The second-order valence-electron chi connectivity index (χ2n) is 6.04. The molecule has 144 valence electrons. The lowest BCUT2D eigenvalue weighted by Crippen LogP contribution is -2.33. The zero-order chi connectivity index (χ0) is 19.6. The molecule has 0 bridgehead atoms. The van der Waals surface area contributed by atoms with Crippen LogP contribution in [0.5, 0.6) is 0 Å². The number of ether oxygens (including phenoxy) is 1. The van der Waals surface area contributed by atoms with Crippen molar-refractivity contribution in [3.05, 3.63) is 58.5 Å². The van der Waals surface area contributed by atoms with Crippen molar-refractivity contribution in [1.82, 2.24) is 9.88 Å². The van der Waals surface area contributed by atoms with Crippen LogP contribution in [0, 0.1) is 0 Å². The van der Waals surface area contributed by atoms with Crippen LogP contribution >= 0.6 is 0 Å². The fourth-order valence-electron chi connectivity index (χ4n) is 2.54. The third kappa shape index (κ3) is 5.79. The van der Waals surface area contributed by atoms with Crippen molar-refractivity contribution in [2.24, 2.45) is 0 Å². The highest BCUT2D eigenvalue weighted by Crippen LogP contribution is 2.13. The van der Waals surface area contributed by atoms with E-state index < -0.39 is 11.5 Å². The Kier molecular flexibility index (Phi) is 7.76. The Morgan fingerprint density at radius 1 is 1.15 bits per heavy atom. The molecule has 27 heavy (non-hydrogen) atoms. The number of carbonyl (C=O) groups excluding carboxylic acids is 2. The van der Waals surface area contributed by atoms with Gasteiger partial charge in [0, 0.05) is 44.3 Å². The van der Waals surface area contributed by atoms with E-state index in [2.05, 4.69) is 10.6 Å². The molecule has 2 N–H and O–H groups in total. The molecule has 0 spiro atoms. The van der Waals surface area contributed by atoms with Gasteiger partial charge in [-0.1, -0.05) is 6.92 Å². The molecule has 0 aliphatic heterocycles. The Morgan fingerprint density at radius 3 is 2.56 bits per heavy atom. The maximum absolute atomic E-state index is 12.7. The molecule has 2 amide bonds. The molecule has 2 rings (SSSR count). The number of amides is 2. The third-order valence-electron chi connectivity index (χ3n) is 3.91. The van der Waals surface area contributed by atoms with Crippen LogP contribution in [-0.4, -0.2) is 36.6 Å². The van der Waals surface area contributed by atoms with Gasteiger partial charge in [0.15, 0.2) is 0 Å². The summed E-state index contributed by atoms with van der Waals surface area (Å²) in [5, 5.41) is 5.51. The molecule has 0 fully saturated rings. The molecule has 0 saturated carbocycles. The van der Waals surface area contributed by atoms with Gasteiger partial charge >= 0.3 is 0 Å². The molecule has 1 heterocycles. The minimum atomic E-state index is -0.408. The number of methoxy groups -OCH3 is 1. The predicted molar refractivity (Wildman–Crippen MR) is 104 cm³/mol. The third-order valence-corrected chi connectivity index (χ3v) is 3.91. The average Bonchev–Trinajstić information content (AvgIpc) is 2.66. The first kappa shape index (κ1) is 20.4. The number of hydrogen-bond donors (Lipinski definition) is 2. The Bertz CT molecular complexity index is 828. The van der Waals surface area contributed by atoms with Gasteiger partial charge in [0.2, 0.25) is 5.91 Å². The lowest BCUT2D eigenvalue weighted by molar-refractivity contribution is -0.116. The zero-order valence-corrected chi connectivity index (χ0v) is 15.7. The van der Waals surface area contributed by atoms with Gasteiger partial charge in [-0.2, -0.15) is 0 Å². The first-order valence-corrected chi connectivity index (χ1v) is 8.96. The molecular weight excluding hydrogens is 346 g/mol. The van der Waals surface area contributed by atoms with E-state index in [0.29, 0.717) is 37.4 Å². The van der Waals surface area contributed by atoms with Crippen LogP contribution in [0.15, 0.2) is 47.4 Å². The fourth-order valence-corrected chi connectivity index (χ4v) is 2.54. The molecule has 1 aromatic heterocycles. The number of anilines is 1. The van der Waals surface area contributed by atoms with Gasteiger partial charge in [-0.15, -0.1) is 0 Å². The standard InChI is InChI=1S/C20H25N3O4/c1-3-6-18(24)22-15-8-10-16(11-9-15)23-13-4-7-17(20(23)26)19(25)21-12-5-14-27-2/h4,7-11,13H,3,5-6,12,14H2,1-2H3,(H,21,25)(H,22,24). The largest absolute Gasteiger partial charge is 0.385 e. The van der Waals surface area contributed by atoms with Gasteiger partial charge in [-0.25, -0.2) is 0 Å². The molecule has 0 unspecified atom stereocenters. The molecule has 1 aromatic carbocycles. The number of aromatic nitrogens is 1. The number of pyridine rings is 1. The highest BCUT2D eigenvalue weighted by Gasteiger charge is 2.12. The average molecular weight is 371 g/mol. The van der Waals surface area contributed by atoms with Crippen molar-refractivity contribution in [2.75, 3.05) is 25.6 Å². The van der Waals surface area contributed by atoms with E-state index >= 15 is 0 Å². The summed E-state index contributed by atoms with van der Waals surface area (Å²) in [6.07, 6.45) is 3.52. The van der Waals surface area contributed by atoms with Crippen LogP contribution in [0.3, 0.4) is 0 Å².